The summed E-state index contributed by atoms with van der Waals surface area (Å²) in [4.78, 5) is 27.1. The molecule has 0 saturated carbocycles. The topological polar surface area (TPSA) is 128 Å². The van der Waals surface area contributed by atoms with Crippen LogP contribution in [0, 0.1) is 0 Å². The summed E-state index contributed by atoms with van der Waals surface area (Å²) in [7, 11) is 0. The number of anilines is 2. The summed E-state index contributed by atoms with van der Waals surface area (Å²) in [6.07, 6.45) is 1.50. The van der Waals surface area contributed by atoms with Gasteiger partial charge in [0.25, 0.3) is 0 Å². The van der Waals surface area contributed by atoms with E-state index in [2.05, 4.69) is 20.9 Å². The molecule has 1 aromatic rings. The molecular formula is C9H12BrN5O2. The van der Waals surface area contributed by atoms with Crippen LogP contribution < -0.4 is 22.1 Å². The van der Waals surface area contributed by atoms with Crippen molar-refractivity contribution in [3.05, 3.63) is 16.7 Å². The molecule has 0 bridgehead atoms. The van der Waals surface area contributed by atoms with Crippen molar-refractivity contribution in [2.24, 2.45) is 11.5 Å². The first kappa shape index (κ1) is 13.2. The third-order valence-electron chi connectivity index (χ3n) is 1.85. The van der Waals surface area contributed by atoms with Crippen LogP contribution in [0.5, 0.6) is 0 Å². The molecule has 1 aromatic heterocycles. The standard InChI is InChI=1S/C9H12BrN5O2/c10-5-1-6(11)9(14-2-5)15(3-7(12)16)4-8(13)17/h1-2H,3-4,11H2,(H2,12,16)(H2,13,17). The normalized spacial score (nSPS) is 9.94. The van der Waals surface area contributed by atoms with Crippen molar-refractivity contribution in [2.75, 3.05) is 23.7 Å². The van der Waals surface area contributed by atoms with E-state index < -0.39 is 11.8 Å². The summed E-state index contributed by atoms with van der Waals surface area (Å²) in [6, 6.07) is 1.61. The molecule has 8 heteroatoms. The maximum absolute atomic E-state index is 10.9. The summed E-state index contributed by atoms with van der Waals surface area (Å²) in [5.41, 5.74) is 16.2. The third-order valence-corrected chi connectivity index (χ3v) is 2.29. The highest BCUT2D eigenvalue weighted by molar-refractivity contribution is 9.10. The molecule has 0 fully saturated rings. The van der Waals surface area contributed by atoms with Crippen LogP contribution in [0.4, 0.5) is 11.5 Å². The van der Waals surface area contributed by atoms with Crippen LogP contribution in [-0.2, 0) is 9.59 Å². The Labute approximate surface area is 106 Å². The van der Waals surface area contributed by atoms with Crippen LogP contribution in [-0.4, -0.2) is 29.9 Å². The van der Waals surface area contributed by atoms with Gasteiger partial charge in [0, 0.05) is 10.7 Å². The van der Waals surface area contributed by atoms with E-state index in [4.69, 9.17) is 17.2 Å². The largest absolute Gasteiger partial charge is 0.396 e. The van der Waals surface area contributed by atoms with Gasteiger partial charge in [-0.2, -0.15) is 0 Å². The van der Waals surface area contributed by atoms with Crippen LogP contribution in [0.15, 0.2) is 16.7 Å². The average Bonchev–Trinajstić information content (AvgIpc) is 2.14. The molecule has 0 aliphatic rings. The van der Waals surface area contributed by atoms with E-state index in [0.29, 0.717) is 16.0 Å². The van der Waals surface area contributed by atoms with E-state index >= 15 is 0 Å². The molecule has 2 amide bonds. The molecular weight excluding hydrogens is 290 g/mol. The van der Waals surface area contributed by atoms with Crippen molar-refractivity contribution >= 4 is 39.2 Å². The van der Waals surface area contributed by atoms with E-state index in [1.807, 2.05) is 0 Å². The van der Waals surface area contributed by atoms with E-state index in [9.17, 15) is 9.59 Å². The van der Waals surface area contributed by atoms with Crippen LogP contribution in [0.3, 0.4) is 0 Å². The maximum atomic E-state index is 10.9. The number of nitrogens with zero attached hydrogens (tertiary/aromatic N) is 2. The lowest BCUT2D eigenvalue weighted by Gasteiger charge is -2.21. The number of amides is 2. The van der Waals surface area contributed by atoms with Gasteiger partial charge in [-0.15, -0.1) is 0 Å². The molecule has 6 N–H and O–H groups in total. The fraction of sp³-hybridized carbons (Fsp3) is 0.222. The van der Waals surface area contributed by atoms with Crippen molar-refractivity contribution in [3.8, 4) is 0 Å². The smallest absolute Gasteiger partial charge is 0.237 e. The van der Waals surface area contributed by atoms with E-state index in [-0.39, 0.29) is 13.1 Å². The molecule has 1 heterocycles. The van der Waals surface area contributed by atoms with Crippen LogP contribution in [0.25, 0.3) is 0 Å². The minimum Gasteiger partial charge on any atom is -0.396 e. The lowest BCUT2D eigenvalue weighted by molar-refractivity contribution is -0.117. The molecule has 0 aliphatic carbocycles. The Bertz CT molecular complexity index is 435. The zero-order valence-corrected chi connectivity index (χ0v) is 10.5. The quantitative estimate of drug-likeness (QED) is 0.656. The molecule has 92 valence electrons. The van der Waals surface area contributed by atoms with E-state index in [0.717, 1.165) is 0 Å². The number of rotatable bonds is 5. The second kappa shape index (κ2) is 5.48. The molecule has 0 radical (unpaired) electrons. The highest BCUT2D eigenvalue weighted by Gasteiger charge is 2.16. The van der Waals surface area contributed by atoms with Gasteiger partial charge in [0.15, 0.2) is 5.82 Å². The first-order valence-corrected chi connectivity index (χ1v) is 5.42. The van der Waals surface area contributed by atoms with Crippen LogP contribution in [0.1, 0.15) is 0 Å². The number of hydrogen-bond donors (Lipinski definition) is 3. The van der Waals surface area contributed by atoms with Crippen LogP contribution >= 0.6 is 15.9 Å². The SMILES string of the molecule is NC(=O)CN(CC(N)=O)c1ncc(Br)cc1N. The minimum atomic E-state index is -0.602. The first-order chi connectivity index (χ1) is 7.90. The van der Waals surface area contributed by atoms with Gasteiger partial charge in [0.1, 0.15) is 0 Å². The predicted molar refractivity (Wildman–Crippen MR) is 67.0 cm³/mol. The predicted octanol–water partition coefficient (Wildman–Crippen LogP) is -0.797. The molecule has 0 unspecified atom stereocenters. The Kier molecular flexibility index (Phi) is 4.27. The highest BCUT2D eigenvalue weighted by atomic mass is 79.9. The molecule has 17 heavy (non-hydrogen) atoms. The summed E-state index contributed by atoms with van der Waals surface area (Å²) in [6.45, 7) is -0.358. The summed E-state index contributed by atoms with van der Waals surface area (Å²) in [5.74, 6) is -0.906. The molecule has 7 nitrogen and oxygen atoms in total. The summed E-state index contributed by atoms with van der Waals surface area (Å²) >= 11 is 3.20. The first-order valence-electron chi connectivity index (χ1n) is 4.62. The van der Waals surface area contributed by atoms with Crippen molar-refractivity contribution < 1.29 is 9.59 Å². The third kappa shape index (κ3) is 3.91. The Morgan fingerprint density at radius 3 is 2.24 bits per heavy atom. The lowest BCUT2D eigenvalue weighted by atomic mass is 10.3. The van der Waals surface area contributed by atoms with Crippen molar-refractivity contribution in [2.45, 2.75) is 0 Å². The average molecular weight is 302 g/mol. The Hall–Kier alpha value is -1.83. The van der Waals surface area contributed by atoms with Gasteiger partial charge in [0.2, 0.25) is 11.8 Å². The lowest BCUT2D eigenvalue weighted by Crippen LogP contribution is -2.40. The Morgan fingerprint density at radius 1 is 1.29 bits per heavy atom. The number of carbonyl (C=O) groups excluding carboxylic acids is 2. The second-order valence-corrected chi connectivity index (χ2v) is 4.27. The zero-order valence-electron chi connectivity index (χ0n) is 8.89. The van der Waals surface area contributed by atoms with Crippen molar-refractivity contribution in [1.29, 1.82) is 0 Å². The van der Waals surface area contributed by atoms with Gasteiger partial charge in [-0.05, 0) is 22.0 Å². The highest BCUT2D eigenvalue weighted by Crippen LogP contribution is 2.23. The number of hydrogen-bond acceptors (Lipinski definition) is 5. The molecule has 1 rings (SSSR count). The summed E-state index contributed by atoms with van der Waals surface area (Å²) < 4.78 is 0.692. The number of carbonyl (C=O) groups is 2. The number of pyridine rings is 1. The molecule has 0 saturated heterocycles. The van der Waals surface area contributed by atoms with Crippen molar-refractivity contribution in [3.63, 3.8) is 0 Å². The van der Waals surface area contributed by atoms with Crippen molar-refractivity contribution in [1.82, 2.24) is 4.98 Å². The number of nitrogen functional groups attached to an aromatic ring is 1. The van der Waals surface area contributed by atoms with Gasteiger partial charge in [-0.3, -0.25) is 9.59 Å². The molecule has 0 aromatic carbocycles. The fourth-order valence-electron chi connectivity index (χ4n) is 1.29. The van der Waals surface area contributed by atoms with Gasteiger partial charge in [-0.25, -0.2) is 4.98 Å². The summed E-state index contributed by atoms with van der Waals surface area (Å²) in [5, 5.41) is 0. The minimum absolute atomic E-state index is 0.179. The van der Waals surface area contributed by atoms with E-state index in [1.54, 1.807) is 6.07 Å². The molecule has 0 atom stereocenters. The van der Waals surface area contributed by atoms with Gasteiger partial charge >= 0.3 is 0 Å². The maximum Gasteiger partial charge on any atom is 0.237 e. The Morgan fingerprint density at radius 2 is 1.82 bits per heavy atom. The number of primary amides is 2. The van der Waals surface area contributed by atoms with Gasteiger partial charge in [0.05, 0.1) is 18.8 Å². The monoisotopic (exact) mass is 301 g/mol. The van der Waals surface area contributed by atoms with Gasteiger partial charge in [-0.1, -0.05) is 0 Å². The Balaban J connectivity index is 3.02. The number of halogens is 1. The fourth-order valence-corrected chi connectivity index (χ4v) is 1.64. The van der Waals surface area contributed by atoms with Crippen LogP contribution in [0.2, 0.25) is 0 Å². The second-order valence-electron chi connectivity index (χ2n) is 3.36. The molecule has 0 aliphatic heterocycles. The van der Waals surface area contributed by atoms with E-state index in [1.165, 1.54) is 11.1 Å². The number of nitrogens with two attached hydrogens (primary N) is 3. The zero-order chi connectivity index (χ0) is 13.0. The molecule has 0 spiro atoms. The number of aromatic nitrogens is 1. The van der Waals surface area contributed by atoms with Gasteiger partial charge < -0.3 is 22.1 Å².